The Kier molecular flexibility index (Phi) is 2.66. The summed E-state index contributed by atoms with van der Waals surface area (Å²) in [6.45, 7) is 3.87. The minimum absolute atomic E-state index is 0.0302. The molecule has 1 atom stereocenters. The first-order valence-corrected chi connectivity index (χ1v) is 5.61. The van der Waals surface area contributed by atoms with Gasteiger partial charge in [-0.15, -0.1) is 0 Å². The quantitative estimate of drug-likeness (QED) is 0.854. The number of aryl methyl sites for hydroxylation is 1. The molecule has 0 bridgehead atoms. The summed E-state index contributed by atoms with van der Waals surface area (Å²) in [7, 11) is 1.51. The van der Waals surface area contributed by atoms with Crippen molar-refractivity contribution in [3.8, 4) is 5.75 Å². The van der Waals surface area contributed by atoms with Crippen LogP contribution >= 0.6 is 0 Å². The third-order valence-electron chi connectivity index (χ3n) is 3.59. The predicted octanol–water partition coefficient (Wildman–Crippen LogP) is 2.52. The molecular formula is C13H18FNO. The van der Waals surface area contributed by atoms with Crippen molar-refractivity contribution in [2.24, 2.45) is 5.73 Å². The number of halogens is 1. The first-order chi connectivity index (χ1) is 7.51. The van der Waals surface area contributed by atoms with Crippen LogP contribution in [0.3, 0.4) is 0 Å². The smallest absolute Gasteiger partial charge is 0.165 e. The molecule has 0 radical (unpaired) electrons. The van der Waals surface area contributed by atoms with E-state index in [0.717, 1.165) is 24.0 Å². The van der Waals surface area contributed by atoms with Crippen LogP contribution in [-0.2, 0) is 5.41 Å². The summed E-state index contributed by atoms with van der Waals surface area (Å²) in [5.41, 5.74) is 7.79. The van der Waals surface area contributed by atoms with E-state index in [0.29, 0.717) is 5.75 Å². The number of hydrogen-bond donors (Lipinski definition) is 1. The third-order valence-corrected chi connectivity index (χ3v) is 3.59. The molecule has 2 N–H and O–H groups in total. The van der Waals surface area contributed by atoms with E-state index in [2.05, 4.69) is 0 Å². The number of hydrogen-bond acceptors (Lipinski definition) is 2. The van der Waals surface area contributed by atoms with Crippen LogP contribution in [0, 0.1) is 12.7 Å². The van der Waals surface area contributed by atoms with Crippen LogP contribution in [0.15, 0.2) is 12.1 Å². The van der Waals surface area contributed by atoms with Crippen LogP contribution in [-0.4, -0.2) is 13.2 Å². The van der Waals surface area contributed by atoms with Crippen molar-refractivity contribution in [3.63, 3.8) is 0 Å². The zero-order valence-corrected chi connectivity index (χ0v) is 10.0. The van der Waals surface area contributed by atoms with Crippen LogP contribution in [0.25, 0.3) is 0 Å². The Morgan fingerprint density at radius 1 is 1.44 bits per heavy atom. The highest BCUT2D eigenvalue weighted by molar-refractivity contribution is 5.47. The van der Waals surface area contributed by atoms with Gasteiger partial charge in [-0.05, 0) is 38.3 Å². The molecule has 1 unspecified atom stereocenters. The molecule has 0 heterocycles. The number of nitrogens with two attached hydrogens (primary N) is 1. The van der Waals surface area contributed by atoms with Gasteiger partial charge >= 0.3 is 0 Å². The maximum atomic E-state index is 13.8. The van der Waals surface area contributed by atoms with Gasteiger partial charge in [-0.2, -0.15) is 0 Å². The lowest BCUT2D eigenvalue weighted by atomic mass is 9.87. The Balaban J connectivity index is 2.55. The summed E-state index contributed by atoms with van der Waals surface area (Å²) in [5, 5.41) is 0. The minimum atomic E-state index is -0.288. The Hall–Kier alpha value is -1.09. The highest BCUT2D eigenvalue weighted by Crippen LogP contribution is 2.53. The van der Waals surface area contributed by atoms with Gasteiger partial charge in [-0.25, -0.2) is 4.39 Å². The number of methoxy groups -OCH3 is 1. The summed E-state index contributed by atoms with van der Waals surface area (Å²) in [5.74, 6) is 0.0739. The van der Waals surface area contributed by atoms with E-state index in [9.17, 15) is 4.39 Å². The van der Waals surface area contributed by atoms with E-state index in [4.69, 9.17) is 10.5 Å². The monoisotopic (exact) mass is 223 g/mol. The third kappa shape index (κ3) is 1.59. The molecule has 16 heavy (non-hydrogen) atoms. The Bertz CT molecular complexity index is 411. The fourth-order valence-corrected chi connectivity index (χ4v) is 2.41. The van der Waals surface area contributed by atoms with E-state index in [-0.39, 0.29) is 17.3 Å². The second kappa shape index (κ2) is 3.74. The molecular weight excluding hydrogens is 205 g/mol. The second-order valence-corrected chi connectivity index (χ2v) is 4.77. The van der Waals surface area contributed by atoms with Gasteiger partial charge in [0.15, 0.2) is 11.6 Å². The highest BCUT2D eigenvalue weighted by atomic mass is 19.1. The first kappa shape index (κ1) is 11.4. The summed E-state index contributed by atoms with van der Waals surface area (Å²) in [6.07, 6.45) is 2.04. The van der Waals surface area contributed by atoms with E-state index in [1.165, 1.54) is 13.2 Å². The molecule has 1 saturated carbocycles. The standard InChI is InChI=1S/C13H18FNO/c1-8-6-10(12(16-3)11(14)7-8)13(4-5-13)9(2)15/h6-7,9H,4-5,15H2,1-3H3. The van der Waals surface area contributed by atoms with Gasteiger partial charge < -0.3 is 10.5 Å². The van der Waals surface area contributed by atoms with Gasteiger partial charge in [-0.3, -0.25) is 0 Å². The SMILES string of the molecule is COc1c(F)cc(C)cc1C1(C(C)N)CC1. The van der Waals surface area contributed by atoms with Crippen LogP contribution in [0.5, 0.6) is 5.75 Å². The fraction of sp³-hybridized carbons (Fsp3) is 0.538. The first-order valence-electron chi connectivity index (χ1n) is 5.61. The van der Waals surface area contributed by atoms with Gasteiger partial charge in [-0.1, -0.05) is 6.07 Å². The van der Waals surface area contributed by atoms with Crippen molar-refractivity contribution in [3.05, 3.63) is 29.1 Å². The van der Waals surface area contributed by atoms with Crippen LogP contribution in [0.2, 0.25) is 0 Å². The van der Waals surface area contributed by atoms with E-state index < -0.39 is 0 Å². The summed E-state index contributed by atoms with van der Waals surface area (Å²) in [4.78, 5) is 0. The Morgan fingerprint density at radius 2 is 2.06 bits per heavy atom. The lowest BCUT2D eigenvalue weighted by molar-refractivity contribution is 0.371. The molecule has 3 heteroatoms. The lowest BCUT2D eigenvalue weighted by Crippen LogP contribution is -2.32. The molecule has 0 saturated heterocycles. The van der Waals surface area contributed by atoms with E-state index >= 15 is 0 Å². The van der Waals surface area contributed by atoms with Gasteiger partial charge in [0, 0.05) is 17.0 Å². The van der Waals surface area contributed by atoms with Gasteiger partial charge in [0.05, 0.1) is 7.11 Å². The molecule has 2 rings (SSSR count). The maximum Gasteiger partial charge on any atom is 0.165 e. The zero-order valence-electron chi connectivity index (χ0n) is 10.0. The second-order valence-electron chi connectivity index (χ2n) is 4.77. The molecule has 1 aliphatic rings. The Morgan fingerprint density at radius 3 is 2.50 bits per heavy atom. The van der Waals surface area contributed by atoms with Crippen molar-refractivity contribution in [1.29, 1.82) is 0 Å². The normalized spacial score (nSPS) is 19.3. The molecule has 0 aromatic heterocycles. The number of ether oxygens (including phenoxy) is 1. The Labute approximate surface area is 95.6 Å². The van der Waals surface area contributed by atoms with Gasteiger partial charge in [0.25, 0.3) is 0 Å². The van der Waals surface area contributed by atoms with Crippen LogP contribution < -0.4 is 10.5 Å². The lowest BCUT2D eigenvalue weighted by Gasteiger charge is -2.23. The average molecular weight is 223 g/mol. The van der Waals surface area contributed by atoms with Crippen molar-refractivity contribution >= 4 is 0 Å². The molecule has 2 nitrogen and oxygen atoms in total. The summed E-state index contributed by atoms with van der Waals surface area (Å²) in [6, 6.07) is 3.53. The molecule has 88 valence electrons. The predicted molar refractivity (Wildman–Crippen MR) is 62.3 cm³/mol. The molecule has 1 aromatic carbocycles. The highest BCUT2D eigenvalue weighted by Gasteiger charge is 2.49. The number of rotatable bonds is 3. The topological polar surface area (TPSA) is 35.2 Å². The van der Waals surface area contributed by atoms with Crippen molar-refractivity contribution in [2.45, 2.75) is 38.1 Å². The molecule has 0 aliphatic heterocycles. The molecule has 0 amide bonds. The summed E-state index contributed by atoms with van der Waals surface area (Å²) >= 11 is 0. The zero-order chi connectivity index (χ0) is 11.9. The van der Waals surface area contributed by atoms with Crippen molar-refractivity contribution in [1.82, 2.24) is 0 Å². The fourth-order valence-electron chi connectivity index (χ4n) is 2.41. The largest absolute Gasteiger partial charge is 0.493 e. The maximum absolute atomic E-state index is 13.8. The van der Waals surface area contributed by atoms with Crippen molar-refractivity contribution in [2.75, 3.05) is 7.11 Å². The molecule has 1 aromatic rings. The average Bonchev–Trinajstić information content (AvgIpc) is 2.97. The van der Waals surface area contributed by atoms with Crippen molar-refractivity contribution < 1.29 is 9.13 Å². The van der Waals surface area contributed by atoms with Crippen LogP contribution in [0.1, 0.15) is 30.9 Å². The van der Waals surface area contributed by atoms with Crippen LogP contribution in [0.4, 0.5) is 4.39 Å². The molecule has 1 aliphatic carbocycles. The van der Waals surface area contributed by atoms with E-state index in [1.807, 2.05) is 19.9 Å². The molecule has 1 fully saturated rings. The minimum Gasteiger partial charge on any atom is -0.493 e. The van der Waals surface area contributed by atoms with E-state index in [1.54, 1.807) is 0 Å². The summed E-state index contributed by atoms with van der Waals surface area (Å²) < 4.78 is 18.9. The number of benzene rings is 1. The van der Waals surface area contributed by atoms with Gasteiger partial charge in [0.2, 0.25) is 0 Å². The molecule has 0 spiro atoms. The van der Waals surface area contributed by atoms with Gasteiger partial charge in [0.1, 0.15) is 0 Å².